The van der Waals surface area contributed by atoms with Gasteiger partial charge in [0.2, 0.25) is 0 Å². The summed E-state index contributed by atoms with van der Waals surface area (Å²) < 4.78 is 0. The zero-order chi connectivity index (χ0) is 9.97. The third-order valence-electron chi connectivity index (χ3n) is 4.01. The zero-order valence-electron chi connectivity index (χ0n) is 9.63. The minimum Gasteiger partial charge on any atom is -0.315 e. The third-order valence-corrected chi connectivity index (χ3v) is 4.01. The number of rotatable bonds is 2. The molecule has 1 aliphatic heterocycles. The lowest BCUT2D eigenvalue weighted by Gasteiger charge is -2.38. The van der Waals surface area contributed by atoms with Gasteiger partial charge in [0, 0.05) is 18.6 Å². The van der Waals surface area contributed by atoms with E-state index in [0.717, 1.165) is 18.0 Å². The van der Waals surface area contributed by atoms with Crippen molar-refractivity contribution in [1.29, 1.82) is 0 Å². The minimum absolute atomic E-state index is 0.764. The molecule has 0 aromatic heterocycles. The van der Waals surface area contributed by atoms with Crippen molar-refractivity contribution < 1.29 is 0 Å². The number of piperidine rings is 1. The lowest BCUT2D eigenvalue weighted by atomic mass is 9.97. The Labute approximate surface area is 88.1 Å². The summed E-state index contributed by atoms with van der Waals surface area (Å²) >= 11 is 0. The number of likely N-dealkylation sites (N-methyl/N-ethyl adjacent to an activating group) is 1. The summed E-state index contributed by atoms with van der Waals surface area (Å²) in [6, 6.07) is 1.60. The molecule has 14 heavy (non-hydrogen) atoms. The average molecular weight is 196 g/mol. The van der Waals surface area contributed by atoms with Crippen molar-refractivity contribution >= 4 is 0 Å². The lowest BCUT2D eigenvalue weighted by molar-refractivity contribution is 0.117. The van der Waals surface area contributed by atoms with Crippen LogP contribution >= 0.6 is 0 Å². The molecule has 1 heterocycles. The highest BCUT2D eigenvalue weighted by atomic mass is 15.2. The maximum Gasteiger partial charge on any atom is 0.0249 e. The van der Waals surface area contributed by atoms with Crippen molar-refractivity contribution in [2.24, 2.45) is 5.92 Å². The molecule has 82 valence electrons. The molecule has 2 nitrogen and oxygen atoms in total. The van der Waals surface area contributed by atoms with Crippen LogP contribution in [0.25, 0.3) is 0 Å². The number of hydrogen-bond donors (Lipinski definition) is 1. The van der Waals surface area contributed by atoms with Gasteiger partial charge in [-0.25, -0.2) is 0 Å². The highest BCUT2D eigenvalue weighted by Crippen LogP contribution is 2.27. The molecular formula is C12H24N2. The van der Waals surface area contributed by atoms with Crippen molar-refractivity contribution in [2.75, 3.05) is 20.1 Å². The second-order valence-electron chi connectivity index (χ2n) is 5.14. The largest absolute Gasteiger partial charge is 0.315 e. The highest BCUT2D eigenvalue weighted by molar-refractivity contribution is 4.91. The van der Waals surface area contributed by atoms with E-state index in [0.29, 0.717) is 0 Å². The molecule has 3 atom stereocenters. The van der Waals surface area contributed by atoms with Gasteiger partial charge in [-0.15, -0.1) is 0 Å². The molecule has 1 saturated carbocycles. The Morgan fingerprint density at radius 1 is 1.14 bits per heavy atom. The van der Waals surface area contributed by atoms with Gasteiger partial charge in [-0.1, -0.05) is 13.3 Å². The predicted octanol–water partition coefficient (Wildman–Crippen LogP) is 1.86. The van der Waals surface area contributed by atoms with Crippen molar-refractivity contribution in [1.82, 2.24) is 10.2 Å². The summed E-state index contributed by atoms with van der Waals surface area (Å²) in [4.78, 5) is 2.74. The molecule has 2 heteroatoms. The van der Waals surface area contributed by atoms with E-state index >= 15 is 0 Å². The fourth-order valence-corrected chi connectivity index (χ4v) is 3.24. The predicted molar refractivity (Wildman–Crippen MR) is 60.5 cm³/mol. The first-order chi connectivity index (χ1) is 6.81. The Hall–Kier alpha value is -0.0800. The first kappa shape index (κ1) is 10.4. The Morgan fingerprint density at radius 3 is 2.71 bits per heavy atom. The average Bonchev–Trinajstić information content (AvgIpc) is 2.65. The van der Waals surface area contributed by atoms with Crippen molar-refractivity contribution in [3.05, 3.63) is 0 Å². The maximum absolute atomic E-state index is 3.48. The molecule has 1 aliphatic carbocycles. The van der Waals surface area contributed by atoms with Crippen molar-refractivity contribution in [3.8, 4) is 0 Å². The van der Waals surface area contributed by atoms with Crippen molar-refractivity contribution in [2.45, 2.75) is 51.1 Å². The first-order valence-electron chi connectivity index (χ1n) is 6.22. The molecule has 0 bridgehead atoms. The molecule has 2 aliphatic rings. The van der Waals surface area contributed by atoms with E-state index in [1.165, 1.54) is 45.2 Å². The van der Waals surface area contributed by atoms with E-state index in [9.17, 15) is 0 Å². The number of nitrogens with one attached hydrogen (secondary N) is 1. The van der Waals surface area contributed by atoms with Gasteiger partial charge in [0.05, 0.1) is 0 Å². The Balaban J connectivity index is 1.92. The van der Waals surface area contributed by atoms with Crippen LogP contribution in [0.2, 0.25) is 0 Å². The van der Waals surface area contributed by atoms with Crippen molar-refractivity contribution in [3.63, 3.8) is 0 Å². The van der Waals surface area contributed by atoms with Crippen LogP contribution in [-0.2, 0) is 0 Å². The van der Waals surface area contributed by atoms with Crippen LogP contribution in [0.4, 0.5) is 0 Å². The lowest BCUT2D eigenvalue weighted by Crippen LogP contribution is -2.49. The molecule has 1 saturated heterocycles. The van der Waals surface area contributed by atoms with E-state index in [-0.39, 0.29) is 0 Å². The highest BCUT2D eigenvalue weighted by Gasteiger charge is 2.32. The first-order valence-corrected chi connectivity index (χ1v) is 6.22. The summed E-state index contributed by atoms with van der Waals surface area (Å²) in [5.41, 5.74) is 0. The van der Waals surface area contributed by atoms with Gasteiger partial charge in [-0.3, -0.25) is 4.90 Å². The van der Waals surface area contributed by atoms with Gasteiger partial charge in [0.25, 0.3) is 0 Å². The molecule has 0 radical (unpaired) electrons. The maximum atomic E-state index is 3.48. The number of likely N-dealkylation sites (tertiary alicyclic amines) is 1. The van der Waals surface area contributed by atoms with Gasteiger partial charge in [0.15, 0.2) is 0 Å². The minimum atomic E-state index is 0.764. The van der Waals surface area contributed by atoms with Crippen LogP contribution < -0.4 is 5.32 Å². The zero-order valence-corrected chi connectivity index (χ0v) is 9.63. The fraction of sp³-hybridized carbons (Fsp3) is 1.00. The van der Waals surface area contributed by atoms with Gasteiger partial charge in [-0.05, 0) is 45.2 Å². The summed E-state index contributed by atoms with van der Waals surface area (Å²) in [5, 5.41) is 3.48. The normalized spacial score (nSPS) is 40.3. The van der Waals surface area contributed by atoms with E-state index in [2.05, 4.69) is 24.2 Å². The fourth-order valence-electron chi connectivity index (χ4n) is 3.24. The number of nitrogens with zero attached hydrogens (tertiary/aromatic N) is 1. The van der Waals surface area contributed by atoms with Crippen LogP contribution in [0, 0.1) is 5.92 Å². The topological polar surface area (TPSA) is 15.3 Å². The molecule has 1 N–H and O–H groups in total. The van der Waals surface area contributed by atoms with E-state index in [1.807, 2.05) is 0 Å². The molecule has 2 fully saturated rings. The SMILES string of the molecule is CNC1CCCC1N1CCCC(C)C1. The van der Waals surface area contributed by atoms with Gasteiger partial charge >= 0.3 is 0 Å². The summed E-state index contributed by atoms with van der Waals surface area (Å²) in [7, 11) is 2.12. The van der Waals surface area contributed by atoms with Crippen LogP contribution in [0.3, 0.4) is 0 Å². The summed E-state index contributed by atoms with van der Waals surface area (Å²) in [6.45, 7) is 5.07. The molecule has 0 amide bonds. The number of hydrogen-bond acceptors (Lipinski definition) is 2. The smallest absolute Gasteiger partial charge is 0.0249 e. The van der Waals surface area contributed by atoms with E-state index in [1.54, 1.807) is 0 Å². The molecule has 0 aromatic rings. The van der Waals surface area contributed by atoms with Gasteiger partial charge in [0.1, 0.15) is 0 Å². The van der Waals surface area contributed by atoms with Crippen LogP contribution in [0.1, 0.15) is 39.0 Å². The Kier molecular flexibility index (Phi) is 3.45. The molecule has 2 rings (SSSR count). The molecule has 3 unspecified atom stereocenters. The summed E-state index contributed by atoms with van der Waals surface area (Å²) in [6.07, 6.45) is 7.06. The van der Waals surface area contributed by atoms with Crippen LogP contribution in [0.5, 0.6) is 0 Å². The quantitative estimate of drug-likeness (QED) is 0.725. The van der Waals surface area contributed by atoms with Crippen LogP contribution in [-0.4, -0.2) is 37.1 Å². The standard InChI is InChI=1S/C12H24N2/c1-10-5-4-8-14(9-10)12-7-3-6-11(12)13-2/h10-13H,3-9H2,1-2H3. The second-order valence-corrected chi connectivity index (χ2v) is 5.14. The summed E-state index contributed by atoms with van der Waals surface area (Å²) in [5.74, 6) is 0.918. The molecule has 0 spiro atoms. The third kappa shape index (κ3) is 2.12. The molecule has 0 aromatic carbocycles. The van der Waals surface area contributed by atoms with E-state index < -0.39 is 0 Å². The van der Waals surface area contributed by atoms with Gasteiger partial charge in [-0.2, -0.15) is 0 Å². The Bertz CT molecular complexity index is 181. The second kappa shape index (κ2) is 4.63. The van der Waals surface area contributed by atoms with E-state index in [4.69, 9.17) is 0 Å². The molecular weight excluding hydrogens is 172 g/mol. The van der Waals surface area contributed by atoms with Crippen LogP contribution in [0.15, 0.2) is 0 Å². The van der Waals surface area contributed by atoms with Gasteiger partial charge < -0.3 is 5.32 Å². The monoisotopic (exact) mass is 196 g/mol. The Morgan fingerprint density at radius 2 is 2.00 bits per heavy atom.